The Labute approximate surface area is 74.0 Å². The first kappa shape index (κ1) is 9.72. The van der Waals surface area contributed by atoms with E-state index in [4.69, 9.17) is 0 Å². The van der Waals surface area contributed by atoms with E-state index in [1.807, 2.05) is 0 Å². The van der Waals surface area contributed by atoms with Gasteiger partial charge in [0.1, 0.15) is 6.29 Å². The van der Waals surface area contributed by atoms with Crippen LogP contribution in [0.1, 0.15) is 39.5 Å². The molecule has 1 rings (SSSR count). The molecular formula is C10H18O2. The quantitative estimate of drug-likeness (QED) is 0.655. The van der Waals surface area contributed by atoms with E-state index in [2.05, 4.69) is 6.92 Å². The number of aliphatic hydroxyl groups excluding tert-OH is 1. The summed E-state index contributed by atoms with van der Waals surface area (Å²) in [5.41, 5.74) is -0.214. The van der Waals surface area contributed by atoms with Crippen molar-refractivity contribution in [3.05, 3.63) is 0 Å². The van der Waals surface area contributed by atoms with Gasteiger partial charge in [0.15, 0.2) is 0 Å². The van der Waals surface area contributed by atoms with E-state index in [1.54, 1.807) is 6.92 Å². The fraction of sp³-hybridized carbons (Fsp3) is 0.900. The zero-order valence-electron chi connectivity index (χ0n) is 7.92. The summed E-state index contributed by atoms with van der Waals surface area (Å²) in [6.07, 6.45) is 4.58. The highest BCUT2D eigenvalue weighted by Crippen LogP contribution is 2.44. The van der Waals surface area contributed by atoms with Gasteiger partial charge in [0, 0.05) is 5.41 Å². The van der Waals surface area contributed by atoms with Crippen LogP contribution in [0.5, 0.6) is 0 Å². The van der Waals surface area contributed by atoms with Crippen LogP contribution in [0.3, 0.4) is 0 Å². The van der Waals surface area contributed by atoms with Crippen molar-refractivity contribution in [1.82, 2.24) is 0 Å². The molecule has 0 aromatic heterocycles. The van der Waals surface area contributed by atoms with E-state index in [0.29, 0.717) is 12.3 Å². The Hall–Kier alpha value is -0.370. The Morgan fingerprint density at radius 3 is 2.75 bits per heavy atom. The molecule has 0 heterocycles. The van der Waals surface area contributed by atoms with Crippen LogP contribution in [0.2, 0.25) is 0 Å². The molecule has 3 atom stereocenters. The van der Waals surface area contributed by atoms with Gasteiger partial charge in [0.2, 0.25) is 0 Å². The summed E-state index contributed by atoms with van der Waals surface area (Å²) < 4.78 is 0. The minimum Gasteiger partial charge on any atom is -0.393 e. The van der Waals surface area contributed by atoms with E-state index in [-0.39, 0.29) is 11.5 Å². The molecule has 70 valence electrons. The third kappa shape index (κ3) is 1.69. The molecule has 0 amide bonds. The minimum absolute atomic E-state index is 0.214. The number of carbonyl (C=O) groups excluding carboxylic acids is 1. The van der Waals surface area contributed by atoms with Gasteiger partial charge in [-0.3, -0.25) is 0 Å². The standard InChI is InChI=1S/C10H18O2/c1-8-4-3-5-10(8,7-11)6-9(2)12/h7-9,12H,3-6H2,1-2H3. The molecule has 1 saturated carbocycles. The Kier molecular flexibility index (Phi) is 2.89. The number of hydrogen-bond acceptors (Lipinski definition) is 2. The zero-order chi connectivity index (χ0) is 9.19. The van der Waals surface area contributed by atoms with Crippen molar-refractivity contribution >= 4 is 6.29 Å². The van der Waals surface area contributed by atoms with Crippen molar-refractivity contribution in [3.8, 4) is 0 Å². The smallest absolute Gasteiger partial charge is 0.126 e. The second kappa shape index (κ2) is 3.56. The highest BCUT2D eigenvalue weighted by Gasteiger charge is 2.40. The first-order valence-electron chi connectivity index (χ1n) is 4.75. The predicted molar refractivity (Wildman–Crippen MR) is 47.8 cm³/mol. The third-order valence-electron chi connectivity index (χ3n) is 3.17. The van der Waals surface area contributed by atoms with Crippen molar-refractivity contribution in [2.24, 2.45) is 11.3 Å². The fourth-order valence-corrected chi connectivity index (χ4v) is 2.35. The summed E-state index contributed by atoms with van der Waals surface area (Å²) in [7, 11) is 0. The molecule has 1 N–H and O–H groups in total. The number of aliphatic hydroxyl groups is 1. The fourth-order valence-electron chi connectivity index (χ4n) is 2.35. The summed E-state index contributed by atoms with van der Waals surface area (Å²) >= 11 is 0. The molecule has 12 heavy (non-hydrogen) atoms. The van der Waals surface area contributed by atoms with Gasteiger partial charge >= 0.3 is 0 Å². The predicted octanol–water partition coefficient (Wildman–Crippen LogP) is 1.76. The SMILES string of the molecule is CC(O)CC1(C=O)CCCC1C. The van der Waals surface area contributed by atoms with E-state index < -0.39 is 0 Å². The average Bonchev–Trinajstić information content (AvgIpc) is 2.32. The maximum Gasteiger partial charge on any atom is 0.126 e. The van der Waals surface area contributed by atoms with Crippen LogP contribution in [0, 0.1) is 11.3 Å². The van der Waals surface area contributed by atoms with Crippen LogP contribution >= 0.6 is 0 Å². The molecule has 0 aromatic carbocycles. The molecular weight excluding hydrogens is 152 g/mol. The molecule has 0 aromatic rings. The molecule has 1 fully saturated rings. The molecule has 0 aliphatic heterocycles. The maximum absolute atomic E-state index is 11.0. The number of aldehydes is 1. The van der Waals surface area contributed by atoms with Crippen molar-refractivity contribution in [1.29, 1.82) is 0 Å². The lowest BCUT2D eigenvalue weighted by molar-refractivity contribution is -0.119. The van der Waals surface area contributed by atoms with Crippen molar-refractivity contribution < 1.29 is 9.90 Å². The minimum atomic E-state index is -0.351. The largest absolute Gasteiger partial charge is 0.393 e. The summed E-state index contributed by atoms with van der Waals surface area (Å²) in [4.78, 5) is 11.0. The molecule has 0 bridgehead atoms. The van der Waals surface area contributed by atoms with Gasteiger partial charge in [-0.1, -0.05) is 13.3 Å². The Morgan fingerprint density at radius 2 is 2.42 bits per heavy atom. The van der Waals surface area contributed by atoms with Gasteiger partial charge in [-0.05, 0) is 32.1 Å². The van der Waals surface area contributed by atoms with Gasteiger partial charge in [0.25, 0.3) is 0 Å². The Bertz CT molecular complexity index is 165. The Balaban J connectivity index is 2.67. The number of carbonyl (C=O) groups is 1. The van der Waals surface area contributed by atoms with Gasteiger partial charge in [-0.15, -0.1) is 0 Å². The van der Waals surface area contributed by atoms with Crippen LogP contribution in [0.4, 0.5) is 0 Å². The summed E-state index contributed by atoms with van der Waals surface area (Å²) in [5, 5.41) is 9.27. The van der Waals surface area contributed by atoms with Crippen molar-refractivity contribution in [3.63, 3.8) is 0 Å². The topological polar surface area (TPSA) is 37.3 Å². The number of hydrogen-bond donors (Lipinski definition) is 1. The van der Waals surface area contributed by atoms with Crippen LogP contribution in [0.25, 0.3) is 0 Å². The van der Waals surface area contributed by atoms with Gasteiger partial charge in [-0.25, -0.2) is 0 Å². The second-order valence-electron chi connectivity index (χ2n) is 4.20. The lowest BCUT2D eigenvalue weighted by Crippen LogP contribution is -2.29. The third-order valence-corrected chi connectivity index (χ3v) is 3.17. The molecule has 2 heteroatoms. The van der Waals surface area contributed by atoms with Gasteiger partial charge in [-0.2, -0.15) is 0 Å². The van der Waals surface area contributed by atoms with E-state index in [1.165, 1.54) is 0 Å². The molecule has 0 saturated heterocycles. The highest BCUT2D eigenvalue weighted by molar-refractivity contribution is 5.60. The summed E-state index contributed by atoms with van der Waals surface area (Å²) in [6, 6.07) is 0. The molecule has 2 nitrogen and oxygen atoms in total. The summed E-state index contributed by atoms with van der Waals surface area (Å²) in [5.74, 6) is 0.449. The van der Waals surface area contributed by atoms with E-state index in [9.17, 15) is 9.90 Å². The lowest BCUT2D eigenvalue weighted by Gasteiger charge is -2.28. The molecule has 1 aliphatic carbocycles. The van der Waals surface area contributed by atoms with Crippen LogP contribution in [0.15, 0.2) is 0 Å². The van der Waals surface area contributed by atoms with Crippen LogP contribution in [-0.4, -0.2) is 17.5 Å². The molecule has 3 unspecified atom stereocenters. The van der Waals surface area contributed by atoms with Gasteiger partial charge in [0.05, 0.1) is 6.10 Å². The molecule has 1 aliphatic rings. The van der Waals surface area contributed by atoms with Crippen molar-refractivity contribution in [2.45, 2.75) is 45.6 Å². The normalized spacial score (nSPS) is 38.1. The van der Waals surface area contributed by atoms with Gasteiger partial charge < -0.3 is 9.90 Å². The second-order valence-corrected chi connectivity index (χ2v) is 4.20. The van der Waals surface area contributed by atoms with E-state index in [0.717, 1.165) is 25.5 Å². The monoisotopic (exact) mass is 170 g/mol. The van der Waals surface area contributed by atoms with E-state index >= 15 is 0 Å². The average molecular weight is 170 g/mol. The highest BCUT2D eigenvalue weighted by atomic mass is 16.3. The number of rotatable bonds is 3. The molecule has 0 spiro atoms. The first-order valence-corrected chi connectivity index (χ1v) is 4.75. The molecule has 0 radical (unpaired) electrons. The lowest BCUT2D eigenvalue weighted by atomic mass is 9.76. The van der Waals surface area contributed by atoms with Crippen LogP contribution < -0.4 is 0 Å². The zero-order valence-corrected chi connectivity index (χ0v) is 7.92. The first-order chi connectivity index (χ1) is 5.60. The Morgan fingerprint density at radius 1 is 1.75 bits per heavy atom. The van der Waals surface area contributed by atoms with Crippen LogP contribution in [-0.2, 0) is 4.79 Å². The van der Waals surface area contributed by atoms with Crippen molar-refractivity contribution in [2.75, 3.05) is 0 Å². The maximum atomic E-state index is 11.0. The summed E-state index contributed by atoms with van der Waals surface area (Å²) in [6.45, 7) is 3.88.